The zero-order chi connectivity index (χ0) is 37.0. The van der Waals surface area contributed by atoms with Crippen molar-refractivity contribution in [3.8, 4) is 11.3 Å². The molecular formula is C39H55ClN4O4Si2. The summed E-state index contributed by atoms with van der Waals surface area (Å²) in [7, 11) is -4.24. The minimum atomic E-state index is -2.12. The lowest BCUT2D eigenvalue weighted by Gasteiger charge is -2.42. The van der Waals surface area contributed by atoms with Crippen LogP contribution in [0.2, 0.25) is 41.4 Å². The van der Waals surface area contributed by atoms with E-state index in [1.165, 1.54) is 0 Å². The topological polar surface area (TPSA) is 89.7 Å². The Kier molecular flexibility index (Phi) is 10.6. The van der Waals surface area contributed by atoms with E-state index in [9.17, 15) is 4.79 Å². The molecule has 4 aromatic rings. The molecule has 0 saturated carbocycles. The van der Waals surface area contributed by atoms with Gasteiger partial charge in [-0.25, -0.2) is 4.98 Å². The highest BCUT2D eigenvalue weighted by molar-refractivity contribution is 6.74. The van der Waals surface area contributed by atoms with E-state index in [4.69, 9.17) is 29.9 Å². The molecule has 0 radical (unpaired) electrons. The fourth-order valence-electron chi connectivity index (χ4n) is 6.01. The third kappa shape index (κ3) is 7.74. The third-order valence-corrected chi connectivity index (χ3v) is 20.2. The first kappa shape index (κ1) is 38.2. The molecular weight excluding hydrogens is 680 g/mol. The second kappa shape index (κ2) is 13.8. The number of nitrogens with zero attached hydrogens (tertiary/aromatic N) is 3. The summed E-state index contributed by atoms with van der Waals surface area (Å²) in [4.78, 5) is 25.1. The Morgan fingerprint density at radius 1 is 0.960 bits per heavy atom. The van der Waals surface area contributed by atoms with E-state index < -0.39 is 16.6 Å². The molecule has 4 heterocycles. The summed E-state index contributed by atoms with van der Waals surface area (Å²) in [6.45, 7) is 30.0. The van der Waals surface area contributed by atoms with Gasteiger partial charge in [0.15, 0.2) is 27.9 Å². The van der Waals surface area contributed by atoms with Crippen LogP contribution in [0.3, 0.4) is 0 Å². The molecule has 1 N–H and O–H groups in total. The van der Waals surface area contributed by atoms with Crippen molar-refractivity contribution in [2.45, 2.75) is 117 Å². The Labute approximate surface area is 305 Å². The Hall–Kier alpha value is -3.03. The SMILES string of the molecule is Cc1cc([C@@H](C)Nc2ccc(Cl)nc2N2C[C@H](O[Si](C)(C)C(C)(C)C)[C@@H](O[Si](C)(C)C(C)(C)C)C2)c2oc(-c3cccnc3)c(C)c(=O)c2c1. The van der Waals surface area contributed by atoms with Crippen molar-refractivity contribution in [2.24, 2.45) is 0 Å². The van der Waals surface area contributed by atoms with E-state index in [0.29, 0.717) is 40.5 Å². The number of hydrogen-bond donors (Lipinski definition) is 1. The first-order valence-corrected chi connectivity index (χ1v) is 23.8. The molecule has 0 amide bonds. The zero-order valence-corrected chi connectivity index (χ0v) is 34.9. The van der Waals surface area contributed by atoms with Crippen molar-refractivity contribution in [3.05, 3.63) is 80.9 Å². The normalized spacial score (nSPS) is 18.2. The maximum atomic E-state index is 13.7. The van der Waals surface area contributed by atoms with Gasteiger partial charge in [-0.05, 0) is 92.9 Å². The van der Waals surface area contributed by atoms with E-state index in [1.54, 1.807) is 12.4 Å². The summed E-state index contributed by atoms with van der Waals surface area (Å²) in [6.07, 6.45) is 3.21. The molecule has 3 atom stereocenters. The fourth-order valence-corrected chi connectivity index (χ4v) is 8.82. The molecule has 11 heteroatoms. The summed E-state index contributed by atoms with van der Waals surface area (Å²) in [6, 6.07) is 11.3. The van der Waals surface area contributed by atoms with E-state index >= 15 is 0 Å². The molecule has 0 aliphatic carbocycles. The lowest BCUT2D eigenvalue weighted by atomic mass is 9.99. The fraction of sp³-hybridized carbons (Fsp3) is 0.513. The van der Waals surface area contributed by atoms with E-state index in [1.807, 2.05) is 44.2 Å². The second-order valence-corrected chi connectivity index (χ2v) is 26.9. The molecule has 0 unspecified atom stereocenters. The van der Waals surface area contributed by atoms with Gasteiger partial charge in [-0.3, -0.25) is 9.78 Å². The highest BCUT2D eigenvalue weighted by Crippen LogP contribution is 2.43. The minimum Gasteiger partial charge on any atom is -0.455 e. The number of rotatable bonds is 9. The smallest absolute Gasteiger partial charge is 0.196 e. The molecule has 3 aromatic heterocycles. The Bertz CT molecular complexity index is 1880. The summed E-state index contributed by atoms with van der Waals surface area (Å²) >= 11 is 6.59. The monoisotopic (exact) mass is 734 g/mol. The molecule has 1 aromatic carbocycles. The number of hydrogen-bond acceptors (Lipinski definition) is 8. The van der Waals surface area contributed by atoms with Gasteiger partial charge in [-0.15, -0.1) is 0 Å². The Morgan fingerprint density at radius 3 is 2.10 bits per heavy atom. The Morgan fingerprint density at radius 2 is 1.56 bits per heavy atom. The van der Waals surface area contributed by atoms with E-state index in [-0.39, 0.29) is 33.8 Å². The van der Waals surface area contributed by atoms with Gasteiger partial charge in [0.05, 0.1) is 29.3 Å². The number of halogens is 1. The number of benzene rings is 1. The average molecular weight is 736 g/mol. The molecule has 8 nitrogen and oxygen atoms in total. The number of pyridine rings is 2. The van der Waals surface area contributed by atoms with Gasteiger partial charge in [0, 0.05) is 42.2 Å². The molecule has 1 saturated heterocycles. The molecule has 0 spiro atoms. The average Bonchev–Trinajstić information content (AvgIpc) is 3.39. The summed E-state index contributed by atoms with van der Waals surface area (Å²) in [5, 5.41) is 4.80. The lowest BCUT2D eigenvalue weighted by molar-refractivity contribution is 0.0713. The van der Waals surface area contributed by atoms with Gasteiger partial charge >= 0.3 is 0 Å². The van der Waals surface area contributed by atoms with Crippen molar-refractivity contribution in [1.82, 2.24) is 9.97 Å². The van der Waals surface area contributed by atoms with Crippen LogP contribution < -0.4 is 15.6 Å². The van der Waals surface area contributed by atoms with E-state index in [2.05, 4.69) is 95.9 Å². The second-order valence-electron chi connectivity index (χ2n) is 17.0. The van der Waals surface area contributed by atoms with Crippen LogP contribution in [0.25, 0.3) is 22.3 Å². The molecule has 5 rings (SSSR count). The van der Waals surface area contributed by atoms with Gasteiger partial charge < -0.3 is 23.5 Å². The van der Waals surface area contributed by atoms with Crippen LogP contribution in [0.5, 0.6) is 0 Å². The molecule has 50 heavy (non-hydrogen) atoms. The number of fused-ring (bicyclic) bond motifs is 1. The molecule has 1 aliphatic heterocycles. The van der Waals surface area contributed by atoms with Crippen LogP contribution in [0.4, 0.5) is 11.5 Å². The molecule has 270 valence electrons. The van der Waals surface area contributed by atoms with Crippen molar-refractivity contribution in [3.63, 3.8) is 0 Å². The van der Waals surface area contributed by atoms with Crippen molar-refractivity contribution in [1.29, 1.82) is 0 Å². The lowest BCUT2D eigenvalue weighted by Crippen LogP contribution is -2.51. The van der Waals surface area contributed by atoms with Crippen LogP contribution in [0, 0.1) is 13.8 Å². The predicted molar refractivity (Wildman–Crippen MR) is 213 cm³/mol. The first-order valence-electron chi connectivity index (χ1n) is 17.6. The maximum Gasteiger partial charge on any atom is 0.196 e. The van der Waals surface area contributed by atoms with Crippen LogP contribution >= 0.6 is 11.6 Å². The first-order chi connectivity index (χ1) is 23.1. The van der Waals surface area contributed by atoms with Crippen LogP contribution in [0.15, 0.2) is 58.0 Å². The maximum absolute atomic E-state index is 13.7. The van der Waals surface area contributed by atoms with Gasteiger partial charge in [-0.2, -0.15) is 0 Å². The van der Waals surface area contributed by atoms with E-state index in [0.717, 1.165) is 28.2 Å². The number of aromatic nitrogens is 2. The standard InChI is InChI=1S/C39H55ClN4O4Si2/c1-24-19-28(36-29(20-24)34(45)25(2)35(46-36)27-15-14-18-41-21-27)26(3)42-30-16-17-33(40)43-37(30)44-22-31(47-49(10,11)38(4,5)6)32(23-44)48-50(12,13)39(7,8)9/h14-21,26,31-32,42H,22-23H2,1-13H3/t26-,31+,32+/m1/s1. The number of anilines is 2. The van der Waals surface area contributed by atoms with Crippen molar-refractivity contribution >= 4 is 50.7 Å². The largest absolute Gasteiger partial charge is 0.455 e. The van der Waals surface area contributed by atoms with Crippen LogP contribution in [0.1, 0.15) is 71.2 Å². The highest BCUT2D eigenvalue weighted by Gasteiger charge is 2.48. The zero-order valence-electron chi connectivity index (χ0n) is 32.1. The van der Waals surface area contributed by atoms with Gasteiger partial charge in [0.2, 0.25) is 0 Å². The Balaban J connectivity index is 1.53. The van der Waals surface area contributed by atoms with Crippen LogP contribution in [-0.4, -0.2) is 51.9 Å². The quantitative estimate of drug-likeness (QED) is 0.134. The van der Waals surface area contributed by atoms with Gasteiger partial charge in [-0.1, -0.05) is 59.2 Å². The molecule has 1 fully saturated rings. The minimum absolute atomic E-state index is 0.0475. The number of nitrogens with one attached hydrogen (secondary N) is 1. The summed E-state index contributed by atoms with van der Waals surface area (Å²) < 4.78 is 20.8. The molecule has 1 aliphatic rings. The van der Waals surface area contributed by atoms with Crippen molar-refractivity contribution < 1.29 is 13.3 Å². The molecule has 0 bridgehead atoms. The third-order valence-electron chi connectivity index (χ3n) is 11.0. The highest BCUT2D eigenvalue weighted by atomic mass is 35.5. The van der Waals surface area contributed by atoms with Crippen molar-refractivity contribution in [2.75, 3.05) is 23.3 Å². The van der Waals surface area contributed by atoms with Gasteiger partial charge in [0.25, 0.3) is 0 Å². The summed E-state index contributed by atoms with van der Waals surface area (Å²) in [5.74, 6) is 1.28. The number of aryl methyl sites for hydroxylation is 1. The van der Waals surface area contributed by atoms with Gasteiger partial charge in [0.1, 0.15) is 16.5 Å². The predicted octanol–water partition coefficient (Wildman–Crippen LogP) is 10.3. The van der Waals surface area contributed by atoms with Crippen LogP contribution in [-0.2, 0) is 8.85 Å². The summed E-state index contributed by atoms with van der Waals surface area (Å²) in [5.41, 5.74) is 4.52.